The van der Waals surface area contributed by atoms with Crippen molar-refractivity contribution >= 4 is 6.09 Å². The van der Waals surface area contributed by atoms with Crippen molar-refractivity contribution in [2.24, 2.45) is 0 Å². The molecule has 2 bridgehead atoms. The molecule has 2 unspecified atom stereocenters. The number of nitrogens with zero attached hydrogens (tertiary/aromatic N) is 2. The molecular weight excluding hydrogens is 455 g/mol. The molecule has 3 aliphatic rings. The van der Waals surface area contributed by atoms with Crippen molar-refractivity contribution < 1.29 is 19.0 Å². The van der Waals surface area contributed by atoms with Gasteiger partial charge in [-0.25, -0.2) is 9.18 Å². The minimum Gasteiger partial charge on any atom is -0.448 e. The van der Waals surface area contributed by atoms with Gasteiger partial charge < -0.3 is 14.7 Å². The monoisotopic (exact) mass is 482 g/mol. The molecule has 3 aromatic rings. The van der Waals surface area contributed by atoms with E-state index in [4.69, 9.17) is 4.74 Å². The number of piperidine rings is 1. The highest BCUT2D eigenvalue weighted by Crippen LogP contribution is 2.46. The molecule has 2 saturated heterocycles. The SMILES string of the molecule is N#Cc1cc(F)ccc1CC1(O)CC2CCC(C1)N2C(=O)OCC1c2ccccc2-c2ccccc21. The van der Waals surface area contributed by atoms with Crippen LogP contribution in [0.5, 0.6) is 0 Å². The number of benzene rings is 3. The molecule has 182 valence electrons. The van der Waals surface area contributed by atoms with E-state index >= 15 is 0 Å². The average Bonchev–Trinajstić information content (AvgIpc) is 3.36. The summed E-state index contributed by atoms with van der Waals surface area (Å²) in [6, 6.07) is 22.4. The molecule has 0 radical (unpaired) electrons. The molecule has 1 N–H and O–H groups in total. The van der Waals surface area contributed by atoms with Gasteiger partial charge in [0.05, 0.1) is 17.2 Å². The molecule has 0 spiro atoms. The first-order valence-corrected chi connectivity index (χ1v) is 12.5. The Hall–Kier alpha value is -3.69. The van der Waals surface area contributed by atoms with Crippen LogP contribution in [0.3, 0.4) is 0 Å². The first kappa shape index (κ1) is 22.8. The van der Waals surface area contributed by atoms with E-state index in [1.54, 1.807) is 6.07 Å². The number of aliphatic hydroxyl groups is 1. The number of hydrogen-bond donors (Lipinski definition) is 1. The van der Waals surface area contributed by atoms with Crippen molar-refractivity contribution in [2.75, 3.05) is 6.61 Å². The van der Waals surface area contributed by atoms with Gasteiger partial charge in [-0.1, -0.05) is 54.6 Å². The fourth-order valence-electron chi connectivity index (χ4n) is 6.59. The summed E-state index contributed by atoms with van der Waals surface area (Å²) in [6.07, 6.45) is 2.39. The van der Waals surface area contributed by atoms with Gasteiger partial charge in [0.1, 0.15) is 12.4 Å². The van der Waals surface area contributed by atoms with Gasteiger partial charge in [0, 0.05) is 24.4 Å². The highest BCUT2D eigenvalue weighted by Gasteiger charge is 2.50. The maximum absolute atomic E-state index is 13.6. The zero-order valence-electron chi connectivity index (χ0n) is 19.9. The fourth-order valence-corrected chi connectivity index (χ4v) is 6.59. The van der Waals surface area contributed by atoms with Crippen molar-refractivity contribution in [2.45, 2.75) is 55.7 Å². The number of ether oxygens (including phenoxy) is 1. The first-order valence-electron chi connectivity index (χ1n) is 12.5. The molecule has 2 atom stereocenters. The summed E-state index contributed by atoms with van der Waals surface area (Å²) in [5.41, 5.74) is 4.56. The van der Waals surface area contributed by atoms with Crippen LogP contribution in [-0.4, -0.2) is 40.4 Å². The third-order valence-corrected chi connectivity index (χ3v) is 8.11. The van der Waals surface area contributed by atoms with E-state index in [2.05, 4.69) is 24.3 Å². The zero-order chi connectivity index (χ0) is 24.9. The Bertz CT molecular complexity index is 1320. The summed E-state index contributed by atoms with van der Waals surface area (Å²) in [6.45, 7) is 0.272. The number of carbonyl (C=O) groups excluding carboxylic acids is 1. The number of nitriles is 1. The van der Waals surface area contributed by atoms with E-state index in [0.717, 1.165) is 12.8 Å². The lowest BCUT2D eigenvalue weighted by atomic mass is 9.80. The molecule has 6 heteroatoms. The van der Waals surface area contributed by atoms with Gasteiger partial charge in [0.2, 0.25) is 0 Å². The molecule has 6 rings (SSSR count). The number of fused-ring (bicyclic) bond motifs is 5. The lowest BCUT2D eigenvalue weighted by Crippen LogP contribution is -2.54. The Morgan fingerprint density at radius 3 is 2.25 bits per heavy atom. The van der Waals surface area contributed by atoms with Gasteiger partial charge >= 0.3 is 6.09 Å². The molecule has 2 fully saturated rings. The smallest absolute Gasteiger partial charge is 0.410 e. The second-order valence-electron chi connectivity index (χ2n) is 10.3. The molecule has 0 aromatic heterocycles. The molecule has 36 heavy (non-hydrogen) atoms. The average molecular weight is 483 g/mol. The Labute approximate surface area is 209 Å². The van der Waals surface area contributed by atoms with Crippen LogP contribution in [0, 0.1) is 17.1 Å². The van der Waals surface area contributed by atoms with Crippen LogP contribution in [0.25, 0.3) is 11.1 Å². The van der Waals surface area contributed by atoms with Crippen molar-refractivity contribution in [1.82, 2.24) is 4.90 Å². The summed E-state index contributed by atoms with van der Waals surface area (Å²) < 4.78 is 19.5. The van der Waals surface area contributed by atoms with Gasteiger partial charge in [-0.2, -0.15) is 5.26 Å². The van der Waals surface area contributed by atoms with Crippen molar-refractivity contribution in [3.05, 3.63) is 94.8 Å². The van der Waals surface area contributed by atoms with Crippen LogP contribution < -0.4 is 0 Å². The lowest BCUT2D eigenvalue weighted by molar-refractivity contribution is -0.0480. The maximum atomic E-state index is 13.6. The normalized spacial score (nSPS) is 24.2. The van der Waals surface area contributed by atoms with Crippen molar-refractivity contribution in [1.29, 1.82) is 5.26 Å². The molecular formula is C30H27FN2O3. The lowest BCUT2D eigenvalue weighted by Gasteiger charge is -2.43. The molecule has 1 amide bonds. The van der Waals surface area contributed by atoms with E-state index in [9.17, 15) is 19.6 Å². The Morgan fingerprint density at radius 2 is 1.64 bits per heavy atom. The highest BCUT2D eigenvalue weighted by molar-refractivity contribution is 5.79. The summed E-state index contributed by atoms with van der Waals surface area (Å²) in [5, 5.41) is 20.8. The van der Waals surface area contributed by atoms with Gasteiger partial charge in [-0.15, -0.1) is 0 Å². The van der Waals surface area contributed by atoms with E-state index in [-0.39, 0.29) is 42.7 Å². The molecule has 2 aliphatic heterocycles. The summed E-state index contributed by atoms with van der Waals surface area (Å²) in [7, 11) is 0. The van der Waals surface area contributed by atoms with E-state index in [1.807, 2.05) is 35.2 Å². The molecule has 1 aliphatic carbocycles. The van der Waals surface area contributed by atoms with E-state index in [1.165, 1.54) is 34.4 Å². The fraction of sp³-hybridized carbons (Fsp3) is 0.333. The van der Waals surface area contributed by atoms with Crippen LogP contribution in [0.4, 0.5) is 9.18 Å². The molecule has 2 heterocycles. The standard InChI is InChI=1S/C30H27FN2O3/c31-21-10-9-19(20(13-21)17-32)14-30(35)15-22-11-12-23(16-30)33(22)29(34)36-18-28-26-7-3-1-5-24(26)25-6-2-4-8-27(25)28/h1-10,13,22-23,28,35H,11-12,14-16,18H2. The highest BCUT2D eigenvalue weighted by atomic mass is 19.1. The topological polar surface area (TPSA) is 73.6 Å². The largest absolute Gasteiger partial charge is 0.448 e. The van der Waals surface area contributed by atoms with Gasteiger partial charge in [-0.3, -0.25) is 0 Å². The molecule has 5 nitrogen and oxygen atoms in total. The Balaban J connectivity index is 1.15. The molecule has 0 saturated carbocycles. The Morgan fingerprint density at radius 1 is 1.03 bits per heavy atom. The quantitative estimate of drug-likeness (QED) is 0.529. The second-order valence-corrected chi connectivity index (χ2v) is 10.3. The predicted molar refractivity (Wildman–Crippen MR) is 133 cm³/mol. The van der Waals surface area contributed by atoms with Crippen LogP contribution in [-0.2, 0) is 11.2 Å². The predicted octanol–water partition coefficient (Wildman–Crippen LogP) is 5.55. The number of amides is 1. The van der Waals surface area contributed by atoms with E-state index < -0.39 is 11.4 Å². The third kappa shape index (κ3) is 3.84. The zero-order valence-corrected chi connectivity index (χ0v) is 19.9. The summed E-state index contributed by atoms with van der Waals surface area (Å²) in [4.78, 5) is 15.1. The van der Waals surface area contributed by atoms with Crippen LogP contribution in [0.15, 0.2) is 66.7 Å². The second kappa shape index (κ2) is 8.76. The van der Waals surface area contributed by atoms with Gasteiger partial charge in [-0.05, 0) is 65.6 Å². The van der Waals surface area contributed by atoms with Crippen molar-refractivity contribution in [3.63, 3.8) is 0 Å². The van der Waals surface area contributed by atoms with Gasteiger partial charge in [0.15, 0.2) is 0 Å². The van der Waals surface area contributed by atoms with Crippen LogP contribution >= 0.6 is 0 Å². The maximum Gasteiger partial charge on any atom is 0.410 e. The van der Waals surface area contributed by atoms with E-state index in [0.29, 0.717) is 18.4 Å². The van der Waals surface area contributed by atoms with Gasteiger partial charge in [0.25, 0.3) is 0 Å². The minimum absolute atomic E-state index is 0.00334. The number of hydrogen-bond acceptors (Lipinski definition) is 4. The summed E-state index contributed by atoms with van der Waals surface area (Å²) >= 11 is 0. The Kier molecular flexibility index (Phi) is 5.54. The number of rotatable bonds is 4. The van der Waals surface area contributed by atoms with Crippen molar-refractivity contribution in [3.8, 4) is 17.2 Å². The minimum atomic E-state index is -1.05. The third-order valence-electron chi connectivity index (χ3n) is 8.11. The van der Waals surface area contributed by atoms with Crippen LogP contribution in [0.1, 0.15) is 53.9 Å². The number of halogens is 1. The first-order chi connectivity index (χ1) is 17.5. The summed E-state index contributed by atoms with van der Waals surface area (Å²) in [5.74, 6) is -0.462. The van der Waals surface area contributed by atoms with Crippen LogP contribution in [0.2, 0.25) is 0 Å². The molecule has 3 aromatic carbocycles. The number of carbonyl (C=O) groups is 1.